The van der Waals surface area contributed by atoms with E-state index in [1.54, 1.807) is 6.33 Å². The van der Waals surface area contributed by atoms with Crippen LogP contribution >= 0.6 is 0 Å². The summed E-state index contributed by atoms with van der Waals surface area (Å²) in [5.74, 6) is 0.893. The summed E-state index contributed by atoms with van der Waals surface area (Å²) < 4.78 is 28.8. The molecule has 4 aromatic rings. The summed E-state index contributed by atoms with van der Waals surface area (Å²) in [5, 5.41) is 1.00. The molecular formula is C23H23N4+. The molecule has 27 heavy (non-hydrogen) atoms. The Bertz CT molecular complexity index is 1350. The highest BCUT2D eigenvalue weighted by atomic mass is 15.1. The Hall–Kier alpha value is -3.01. The van der Waals surface area contributed by atoms with Crippen molar-refractivity contribution in [3.05, 3.63) is 70.6 Å². The van der Waals surface area contributed by atoms with Gasteiger partial charge in [-0.05, 0) is 73.1 Å². The highest BCUT2D eigenvalue weighted by Gasteiger charge is 2.26. The maximum atomic E-state index is 8.27. The van der Waals surface area contributed by atoms with E-state index in [2.05, 4.69) is 34.2 Å². The minimum atomic E-state index is -2.21. The number of aromatic nitrogens is 4. The monoisotopic (exact) mass is 358 g/mol. The Balaban J connectivity index is 1.90. The molecule has 0 spiro atoms. The Labute approximate surface area is 163 Å². The minimum absolute atomic E-state index is 0.440. The first-order chi connectivity index (χ1) is 14.1. The van der Waals surface area contributed by atoms with Crippen LogP contribution in [0.3, 0.4) is 0 Å². The molecule has 4 nitrogen and oxygen atoms in total. The number of rotatable bonds is 1. The summed E-state index contributed by atoms with van der Waals surface area (Å²) in [7, 11) is 1.95. The summed E-state index contributed by atoms with van der Waals surface area (Å²) in [6, 6.07) is 8.31. The Morgan fingerprint density at radius 2 is 2.00 bits per heavy atom. The molecule has 1 aliphatic heterocycles. The van der Waals surface area contributed by atoms with Gasteiger partial charge in [-0.3, -0.25) is 0 Å². The lowest BCUT2D eigenvalue weighted by molar-refractivity contribution is -0.662. The summed E-state index contributed by atoms with van der Waals surface area (Å²) >= 11 is 0. The van der Waals surface area contributed by atoms with Gasteiger partial charge in [0.25, 0.3) is 6.33 Å². The molecule has 2 aromatic carbocycles. The number of fused-ring (bicyclic) bond motifs is 4. The van der Waals surface area contributed by atoms with Crippen LogP contribution in [0.2, 0.25) is 0 Å². The van der Waals surface area contributed by atoms with Crippen molar-refractivity contribution < 1.29 is 8.68 Å². The van der Waals surface area contributed by atoms with Crippen LogP contribution in [0.15, 0.2) is 36.8 Å². The van der Waals surface area contributed by atoms with Crippen LogP contribution in [-0.2, 0) is 13.5 Å². The zero-order valence-electron chi connectivity index (χ0n) is 19.0. The number of aryl methyl sites for hydroxylation is 3. The van der Waals surface area contributed by atoms with Gasteiger partial charge in [-0.1, -0.05) is 6.07 Å². The van der Waals surface area contributed by atoms with Gasteiger partial charge in [0.05, 0.1) is 23.8 Å². The predicted molar refractivity (Wildman–Crippen MR) is 107 cm³/mol. The van der Waals surface area contributed by atoms with Gasteiger partial charge in [0, 0.05) is 22.3 Å². The van der Waals surface area contributed by atoms with Crippen LogP contribution < -0.4 is 4.57 Å². The van der Waals surface area contributed by atoms with E-state index < -0.39 is 6.85 Å². The molecular weight excluding hydrogens is 332 g/mol. The Morgan fingerprint density at radius 1 is 1.15 bits per heavy atom. The average molecular weight is 358 g/mol. The van der Waals surface area contributed by atoms with Gasteiger partial charge < -0.3 is 4.57 Å². The average Bonchev–Trinajstić information content (AvgIpc) is 3.16. The molecule has 4 heteroatoms. The van der Waals surface area contributed by atoms with Gasteiger partial charge in [-0.15, -0.1) is 0 Å². The smallest absolute Gasteiger partial charge is 0.287 e. The lowest BCUT2D eigenvalue weighted by Crippen LogP contribution is -2.32. The molecule has 2 aromatic heterocycles. The van der Waals surface area contributed by atoms with Crippen LogP contribution in [0.5, 0.6) is 0 Å². The lowest BCUT2D eigenvalue weighted by atomic mass is 9.92. The fourth-order valence-corrected chi connectivity index (χ4v) is 4.18. The normalized spacial score (nSPS) is 14.6. The SMILES string of the molecule is [2H]C([2H])([2H])c1c(C)c(-c2c3ccc(C)cc3nc[n+]2C)cc2c1Cc1nc(C)cn1-2. The molecule has 0 fully saturated rings. The molecule has 0 unspecified atom stereocenters. The van der Waals surface area contributed by atoms with E-state index in [0.29, 0.717) is 12.0 Å². The second-order valence-electron chi connectivity index (χ2n) is 7.49. The van der Waals surface area contributed by atoms with E-state index in [1.807, 2.05) is 43.1 Å². The second-order valence-corrected chi connectivity index (χ2v) is 7.49. The van der Waals surface area contributed by atoms with Gasteiger partial charge in [0.15, 0.2) is 5.52 Å². The molecule has 3 heterocycles. The van der Waals surface area contributed by atoms with Crippen molar-refractivity contribution >= 4 is 10.9 Å². The number of benzene rings is 2. The van der Waals surface area contributed by atoms with Gasteiger partial charge in [0.1, 0.15) is 11.5 Å². The Kier molecular flexibility index (Phi) is 2.69. The summed E-state index contributed by atoms with van der Waals surface area (Å²) in [6.45, 7) is 3.72. The molecule has 0 aliphatic carbocycles. The van der Waals surface area contributed by atoms with Crippen molar-refractivity contribution in [1.82, 2.24) is 14.5 Å². The van der Waals surface area contributed by atoms with E-state index in [0.717, 1.165) is 56.1 Å². The molecule has 1 aliphatic rings. The second kappa shape index (κ2) is 5.49. The molecule has 0 amide bonds. The summed E-state index contributed by atoms with van der Waals surface area (Å²) in [6.07, 6.45) is 4.32. The zero-order chi connectivity index (χ0) is 21.4. The van der Waals surface area contributed by atoms with Crippen LogP contribution in [0, 0.1) is 27.6 Å². The first kappa shape index (κ1) is 13.2. The third-order valence-corrected chi connectivity index (χ3v) is 5.55. The van der Waals surface area contributed by atoms with Crippen LogP contribution in [0.1, 0.15) is 37.9 Å². The van der Waals surface area contributed by atoms with Crippen LogP contribution in [-0.4, -0.2) is 14.5 Å². The number of nitrogens with zero attached hydrogens (tertiary/aromatic N) is 4. The topological polar surface area (TPSA) is 34.6 Å². The number of hydrogen-bond acceptors (Lipinski definition) is 2. The van der Waals surface area contributed by atoms with Gasteiger partial charge in [-0.2, -0.15) is 0 Å². The maximum absolute atomic E-state index is 8.27. The van der Waals surface area contributed by atoms with E-state index >= 15 is 0 Å². The van der Waals surface area contributed by atoms with Crippen molar-refractivity contribution in [3.63, 3.8) is 0 Å². The quantitative estimate of drug-likeness (QED) is 0.424. The molecule has 134 valence electrons. The standard InChI is InChI=1S/C23H23N4/c1-13-6-7-17-20(8-13)24-12-26(5)23(17)19-9-21-18(15(3)16(19)4)10-22-25-14(2)11-27(21)22/h6-9,11-12H,10H2,1-5H3/q+1/i3D3. The number of hydrogen-bond donors (Lipinski definition) is 0. The van der Waals surface area contributed by atoms with Crippen molar-refractivity contribution in [1.29, 1.82) is 0 Å². The largest absolute Gasteiger partial charge is 0.303 e. The molecule has 5 rings (SSSR count). The third kappa shape index (κ3) is 2.26. The van der Waals surface area contributed by atoms with Crippen molar-refractivity contribution in [2.24, 2.45) is 7.05 Å². The maximum Gasteiger partial charge on any atom is 0.287 e. The van der Waals surface area contributed by atoms with Crippen LogP contribution in [0.25, 0.3) is 27.8 Å². The summed E-state index contributed by atoms with van der Waals surface area (Å²) in [4.78, 5) is 9.18. The van der Waals surface area contributed by atoms with E-state index in [9.17, 15) is 0 Å². The van der Waals surface area contributed by atoms with Crippen molar-refractivity contribution in [3.8, 4) is 16.9 Å². The molecule has 0 radical (unpaired) electrons. The third-order valence-electron chi connectivity index (χ3n) is 5.55. The van der Waals surface area contributed by atoms with Crippen molar-refractivity contribution in [2.45, 2.75) is 34.0 Å². The van der Waals surface area contributed by atoms with E-state index in [-0.39, 0.29) is 0 Å². The molecule has 0 atom stereocenters. The molecule has 0 bridgehead atoms. The highest BCUT2D eigenvalue weighted by molar-refractivity contribution is 5.92. The molecule has 0 saturated heterocycles. The van der Waals surface area contributed by atoms with Crippen LogP contribution in [0.4, 0.5) is 0 Å². The van der Waals surface area contributed by atoms with Gasteiger partial charge in [-0.25, -0.2) is 9.55 Å². The Morgan fingerprint density at radius 3 is 2.81 bits per heavy atom. The molecule has 0 N–H and O–H groups in total. The van der Waals surface area contributed by atoms with E-state index in [1.165, 1.54) is 0 Å². The van der Waals surface area contributed by atoms with Crippen molar-refractivity contribution in [2.75, 3.05) is 0 Å². The fourth-order valence-electron chi connectivity index (χ4n) is 4.18. The summed E-state index contributed by atoms with van der Waals surface area (Å²) in [5.41, 5.74) is 7.86. The predicted octanol–water partition coefficient (Wildman–Crippen LogP) is 4.05. The van der Waals surface area contributed by atoms with Gasteiger partial charge in [0.2, 0.25) is 0 Å². The number of imidazole rings is 1. The first-order valence-corrected chi connectivity index (χ1v) is 9.12. The first-order valence-electron chi connectivity index (χ1n) is 10.6. The molecule has 0 saturated carbocycles. The van der Waals surface area contributed by atoms with E-state index in [4.69, 9.17) is 4.11 Å². The minimum Gasteiger partial charge on any atom is -0.303 e. The fraction of sp³-hybridized carbons (Fsp3) is 0.261. The highest BCUT2D eigenvalue weighted by Crippen LogP contribution is 2.38. The lowest BCUT2D eigenvalue weighted by Gasteiger charge is -2.15. The van der Waals surface area contributed by atoms with Gasteiger partial charge >= 0.3 is 0 Å². The zero-order valence-corrected chi connectivity index (χ0v) is 16.0.